The Labute approximate surface area is 140 Å². The summed E-state index contributed by atoms with van der Waals surface area (Å²) in [4.78, 5) is 4.50. The Hall–Kier alpha value is -2.10. The number of aromatic amines is 1. The largest absolute Gasteiger partial charge is 0.258 e. The number of benzene rings is 2. The van der Waals surface area contributed by atoms with Crippen LogP contribution >= 0.6 is 27.7 Å². The first-order chi connectivity index (χ1) is 10.8. The molecule has 1 aromatic heterocycles. The van der Waals surface area contributed by atoms with Gasteiger partial charge in [0.2, 0.25) is 5.16 Å². The van der Waals surface area contributed by atoms with Gasteiger partial charge in [0, 0.05) is 15.8 Å². The Morgan fingerprint density at radius 2 is 1.91 bits per heavy atom. The van der Waals surface area contributed by atoms with E-state index in [1.807, 2.05) is 48.5 Å². The summed E-state index contributed by atoms with van der Waals surface area (Å²) in [6.45, 7) is 0. The predicted molar refractivity (Wildman–Crippen MR) is 90.2 cm³/mol. The molecule has 22 heavy (non-hydrogen) atoms. The summed E-state index contributed by atoms with van der Waals surface area (Å²) >= 11 is 5.01. The van der Waals surface area contributed by atoms with Crippen molar-refractivity contribution in [1.82, 2.24) is 15.2 Å². The van der Waals surface area contributed by atoms with Crippen molar-refractivity contribution in [1.29, 1.82) is 5.26 Å². The van der Waals surface area contributed by atoms with Gasteiger partial charge in [-0.2, -0.15) is 5.26 Å². The van der Waals surface area contributed by atoms with E-state index in [-0.39, 0.29) is 0 Å². The molecule has 108 valence electrons. The predicted octanol–water partition coefficient (Wildman–Crippen LogP) is 4.40. The number of hydrogen-bond donors (Lipinski definition) is 1. The molecular weight excluding hydrogens is 360 g/mol. The second-order valence-electron chi connectivity index (χ2n) is 4.50. The van der Waals surface area contributed by atoms with E-state index in [0.29, 0.717) is 16.5 Å². The van der Waals surface area contributed by atoms with Crippen LogP contribution in [0.1, 0.15) is 11.1 Å². The molecule has 0 saturated carbocycles. The van der Waals surface area contributed by atoms with Crippen molar-refractivity contribution in [2.75, 3.05) is 0 Å². The fourth-order valence-corrected chi connectivity index (χ4v) is 3.26. The number of rotatable bonds is 4. The third kappa shape index (κ3) is 3.21. The first-order valence-corrected chi connectivity index (χ1v) is 8.34. The van der Waals surface area contributed by atoms with E-state index in [4.69, 9.17) is 5.26 Å². The molecule has 0 aliphatic carbocycles. The normalized spacial score (nSPS) is 10.4. The molecule has 6 heteroatoms. The molecule has 0 fully saturated rings. The molecule has 3 rings (SSSR count). The van der Waals surface area contributed by atoms with Gasteiger partial charge in [0.05, 0.1) is 11.6 Å². The highest BCUT2D eigenvalue weighted by atomic mass is 79.9. The van der Waals surface area contributed by atoms with Crippen molar-refractivity contribution in [3.63, 3.8) is 0 Å². The molecule has 1 N–H and O–H groups in total. The third-order valence-electron chi connectivity index (χ3n) is 3.09. The van der Waals surface area contributed by atoms with Crippen LogP contribution in [-0.2, 0) is 5.75 Å². The Kier molecular flexibility index (Phi) is 4.56. The van der Waals surface area contributed by atoms with Gasteiger partial charge in [-0.05, 0) is 17.7 Å². The minimum atomic E-state index is 0.664. The lowest BCUT2D eigenvalue weighted by molar-refractivity contribution is 0.973. The van der Waals surface area contributed by atoms with Crippen molar-refractivity contribution < 1.29 is 0 Å². The van der Waals surface area contributed by atoms with Crippen LogP contribution in [0.3, 0.4) is 0 Å². The van der Waals surface area contributed by atoms with Gasteiger partial charge < -0.3 is 0 Å². The lowest BCUT2D eigenvalue weighted by Crippen LogP contribution is -1.87. The lowest BCUT2D eigenvalue weighted by atomic mass is 10.1. The van der Waals surface area contributed by atoms with E-state index in [2.05, 4.69) is 37.2 Å². The average Bonchev–Trinajstić information content (AvgIpc) is 3.02. The highest BCUT2D eigenvalue weighted by Gasteiger charge is 2.10. The van der Waals surface area contributed by atoms with Crippen molar-refractivity contribution in [3.8, 4) is 17.5 Å². The Morgan fingerprint density at radius 1 is 1.14 bits per heavy atom. The fourth-order valence-electron chi connectivity index (χ4n) is 1.98. The van der Waals surface area contributed by atoms with Crippen molar-refractivity contribution in [3.05, 3.63) is 64.1 Å². The number of halogens is 1. The summed E-state index contributed by atoms with van der Waals surface area (Å²) in [7, 11) is 0. The minimum Gasteiger partial charge on any atom is -0.258 e. The van der Waals surface area contributed by atoms with E-state index in [0.717, 1.165) is 21.4 Å². The summed E-state index contributed by atoms with van der Waals surface area (Å²) in [6, 6.07) is 17.6. The zero-order chi connectivity index (χ0) is 15.4. The van der Waals surface area contributed by atoms with Crippen LogP contribution in [-0.4, -0.2) is 15.2 Å². The monoisotopic (exact) mass is 370 g/mol. The van der Waals surface area contributed by atoms with E-state index >= 15 is 0 Å². The van der Waals surface area contributed by atoms with E-state index in [1.54, 1.807) is 0 Å². The molecule has 0 atom stereocenters. The molecule has 0 bridgehead atoms. The Bertz CT molecular complexity index is 838. The van der Waals surface area contributed by atoms with E-state index in [1.165, 1.54) is 11.8 Å². The molecule has 0 amide bonds. The van der Waals surface area contributed by atoms with E-state index in [9.17, 15) is 0 Å². The van der Waals surface area contributed by atoms with Crippen molar-refractivity contribution >= 4 is 27.7 Å². The summed E-state index contributed by atoms with van der Waals surface area (Å²) in [5, 5.41) is 16.9. The second kappa shape index (κ2) is 6.77. The van der Waals surface area contributed by atoms with Crippen molar-refractivity contribution in [2.24, 2.45) is 0 Å². The van der Waals surface area contributed by atoms with Crippen LogP contribution in [0.2, 0.25) is 0 Å². The van der Waals surface area contributed by atoms with Gasteiger partial charge in [0.25, 0.3) is 0 Å². The maximum Gasteiger partial charge on any atom is 0.209 e. The SMILES string of the molecule is N#Cc1ccccc1CSc1n[nH]c(-c2ccccc2Br)n1. The van der Waals surface area contributed by atoms with E-state index < -0.39 is 0 Å². The number of nitriles is 1. The fraction of sp³-hybridized carbons (Fsp3) is 0.0625. The number of H-pyrrole nitrogens is 1. The van der Waals surface area contributed by atoms with Gasteiger partial charge in [0.1, 0.15) is 0 Å². The number of nitrogens with zero attached hydrogens (tertiary/aromatic N) is 3. The summed E-state index contributed by atoms with van der Waals surface area (Å²) in [5.41, 5.74) is 2.65. The van der Waals surface area contributed by atoms with Gasteiger partial charge in [-0.3, -0.25) is 5.10 Å². The molecule has 4 nitrogen and oxygen atoms in total. The molecule has 0 radical (unpaired) electrons. The molecule has 3 aromatic rings. The quantitative estimate of drug-likeness (QED) is 0.691. The van der Waals surface area contributed by atoms with Gasteiger partial charge >= 0.3 is 0 Å². The first-order valence-electron chi connectivity index (χ1n) is 6.56. The maximum absolute atomic E-state index is 9.10. The van der Waals surface area contributed by atoms with Crippen LogP contribution in [0.25, 0.3) is 11.4 Å². The Balaban J connectivity index is 1.76. The molecular formula is C16H11BrN4S. The second-order valence-corrected chi connectivity index (χ2v) is 6.30. The average molecular weight is 371 g/mol. The molecule has 2 aromatic carbocycles. The molecule has 0 spiro atoms. The first kappa shape index (κ1) is 14.8. The zero-order valence-corrected chi connectivity index (χ0v) is 13.9. The number of thioether (sulfide) groups is 1. The molecule has 1 heterocycles. The lowest BCUT2D eigenvalue weighted by Gasteiger charge is -2.00. The Morgan fingerprint density at radius 3 is 2.73 bits per heavy atom. The number of hydrogen-bond acceptors (Lipinski definition) is 4. The molecule has 0 unspecified atom stereocenters. The van der Waals surface area contributed by atoms with Crippen LogP contribution in [0, 0.1) is 11.3 Å². The highest BCUT2D eigenvalue weighted by molar-refractivity contribution is 9.10. The maximum atomic E-state index is 9.10. The molecule has 0 saturated heterocycles. The van der Waals surface area contributed by atoms with Crippen molar-refractivity contribution in [2.45, 2.75) is 10.9 Å². The molecule has 0 aliphatic rings. The van der Waals surface area contributed by atoms with Gasteiger partial charge in [-0.1, -0.05) is 64.1 Å². The smallest absolute Gasteiger partial charge is 0.209 e. The number of aromatic nitrogens is 3. The zero-order valence-electron chi connectivity index (χ0n) is 11.5. The van der Waals surface area contributed by atoms with Crippen LogP contribution in [0.5, 0.6) is 0 Å². The minimum absolute atomic E-state index is 0.664. The van der Waals surface area contributed by atoms with Gasteiger partial charge in [0.15, 0.2) is 5.82 Å². The summed E-state index contributed by atoms with van der Waals surface area (Å²) in [6.07, 6.45) is 0. The summed E-state index contributed by atoms with van der Waals surface area (Å²) < 4.78 is 0.970. The molecule has 0 aliphatic heterocycles. The van der Waals surface area contributed by atoms with Gasteiger partial charge in [-0.15, -0.1) is 5.10 Å². The summed E-state index contributed by atoms with van der Waals surface area (Å²) in [5.74, 6) is 1.39. The third-order valence-corrected chi connectivity index (χ3v) is 4.68. The number of nitrogens with one attached hydrogen (secondary N) is 1. The van der Waals surface area contributed by atoms with Gasteiger partial charge in [-0.25, -0.2) is 4.98 Å². The van der Waals surface area contributed by atoms with Crippen LogP contribution < -0.4 is 0 Å². The topological polar surface area (TPSA) is 65.4 Å². The van der Waals surface area contributed by atoms with Crippen LogP contribution in [0.4, 0.5) is 0 Å². The highest BCUT2D eigenvalue weighted by Crippen LogP contribution is 2.27. The van der Waals surface area contributed by atoms with Crippen LogP contribution in [0.15, 0.2) is 58.2 Å². The standard InChI is InChI=1S/C16H11BrN4S/c17-14-8-4-3-7-13(14)15-19-16(21-20-15)22-10-12-6-2-1-5-11(12)9-18/h1-8H,10H2,(H,19,20,21).